The van der Waals surface area contributed by atoms with Crippen molar-refractivity contribution >= 4 is 18.2 Å². The van der Waals surface area contributed by atoms with Gasteiger partial charge in [0.2, 0.25) is 0 Å². The number of amides is 1. The van der Waals surface area contributed by atoms with Gasteiger partial charge in [0.25, 0.3) is 0 Å². The van der Waals surface area contributed by atoms with E-state index in [1.807, 2.05) is 64.1 Å². The molecule has 0 bridgehead atoms. The van der Waals surface area contributed by atoms with E-state index < -0.39 is 11.6 Å². The van der Waals surface area contributed by atoms with Gasteiger partial charge in [-0.15, -0.1) is 0 Å². The third kappa shape index (κ3) is 10.0. The summed E-state index contributed by atoms with van der Waals surface area (Å²) in [6, 6.07) is 15.1. The molecule has 0 aromatic heterocycles. The molecule has 8 heteroatoms. The minimum absolute atomic E-state index is 0.250. The first-order valence-electron chi connectivity index (χ1n) is 10.4. The van der Waals surface area contributed by atoms with E-state index in [1.54, 1.807) is 24.1 Å². The van der Waals surface area contributed by atoms with E-state index in [4.69, 9.17) is 23.8 Å². The second-order valence-corrected chi connectivity index (χ2v) is 8.32. The summed E-state index contributed by atoms with van der Waals surface area (Å²) in [4.78, 5) is 42.0. The quantitative estimate of drug-likeness (QED) is 0.561. The summed E-state index contributed by atoms with van der Waals surface area (Å²) in [7, 11) is 3.06. The van der Waals surface area contributed by atoms with Gasteiger partial charge in [-0.2, -0.15) is 9.59 Å². The van der Waals surface area contributed by atoms with Crippen molar-refractivity contribution in [3.63, 3.8) is 0 Å². The van der Waals surface area contributed by atoms with Crippen LogP contribution in [0.2, 0.25) is 0 Å². The minimum Gasteiger partial charge on any atom is -0.486 e. The van der Waals surface area contributed by atoms with Gasteiger partial charge in [-0.05, 0) is 57.0 Å². The maximum Gasteiger partial charge on any atom is 0.410 e. The molecule has 2 aromatic carbocycles. The van der Waals surface area contributed by atoms with E-state index in [2.05, 4.69) is 0 Å². The van der Waals surface area contributed by atoms with E-state index in [9.17, 15) is 9.59 Å². The molecule has 33 heavy (non-hydrogen) atoms. The molecule has 0 aliphatic rings. The minimum atomic E-state index is -0.549. The lowest BCUT2D eigenvalue weighted by atomic mass is 10.1. The molecule has 1 amide bonds. The Bertz CT molecular complexity index is 945. The van der Waals surface area contributed by atoms with Crippen LogP contribution >= 0.6 is 0 Å². The van der Waals surface area contributed by atoms with Crippen molar-refractivity contribution in [2.75, 3.05) is 20.7 Å². The zero-order valence-corrected chi connectivity index (χ0v) is 19.9. The number of benzene rings is 2. The highest BCUT2D eigenvalue weighted by Crippen LogP contribution is 2.27. The molecule has 0 N–H and O–H groups in total. The predicted molar refractivity (Wildman–Crippen MR) is 121 cm³/mol. The molecule has 2 rings (SSSR count). The second-order valence-electron chi connectivity index (χ2n) is 8.32. The van der Waals surface area contributed by atoms with Crippen LogP contribution in [0.3, 0.4) is 0 Å². The van der Waals surface area contributed by atoms with Crippen molar-refractivity contribution < 1.29 is 33.4 Å². The third-order valence-corrected chi connectivity index (χ3v) is 4.35. The molecule has 2 aromatic rings. The van der Waals surface area contributed by atoms with Crippen molar-refractivity contribution in [3.05, 3.63) is 65.2 Å². The van der Waals surface area contributed by atoms with Gasteiger partial charge < -0.3 is 19.1 Å². The van der Waals surface area contributed by atoms with E-state index in [0.29, 0.717) is 24.3 Å². The number of nitrogens with zero attached hydrogens (tertiary/aromatic N) is 1. The highest BCUT2D eigenvalue weighted by atomic mass is 16.6. The van der Waals surface area contributed by atoms with Gasteiger partial charge in [0.05, 0.1) is 12.7 Å². The predicted octanol–water partition coefficient (Wildman–Crippen LogP) is 4.58. The number of hydrogen-bond donors (Lipinski definition) is 0. The molecule has 1 atom stereocenters. The summed E-state index contributed by atoms with van der Waals surface area (Å²) in [5.74, 6) is 0.161. The van der Waals surface area contributed by atoms with Crippen LogP contribution in [-0.4, -0.2) is 49.4 Å². The molecule has 0 spiro atoms. The summed E-state index contributed by atoms with van der Waals surface area (Å²) < 4.78 is 16.5. The van der Waals surface area contributed by atoms with Crippen LogP contribution in [0.1, 0.15) is 54.8 Å². The molecule has 8 nitrogen and oxygen atoms in total. The van der Waals surface area contributed by atoms with Gasteiger partial charge in [-0.3, -0.25) is 0 Å². The van der Waals surface area contributed by atoms with E-state index in [1.165, 1.54) is 7.11 Å². The molecule has 0 saturated heterocycles. The van der Waals surface area contributed by atoms with Gasteiger partial charge in [-0.1, -0.05) is 30.3 Å². The third-order valence-electron chi connectivity index (χ3n) is 4.35. The number of carbonyl (C=O) groups excluding carboxylic acids is 4. The number of rotatable bonds is 7. The Hall–Kier alpha value is -3.64. The van der Waals surface area contributed by atoms with Crippen LogP contribution in [0, 0.1) is 6.92 Å². The Morgan fingerprint density at radius 3 is 2.21 bits per heavy atom. The number of aryl methyl sites for hydroxylation is 1. The largest absolute Gasteiger partial charge is 0.486 e. The molecular weight excluding hydrogens is 426 g/mol. The number of carbonyl (C=O) groups is 2. The van der Waals surface area contributed by atoms with Gasteiger partial charge >= 0.3 is 18.2 Å². The SMILES string of the molecule is COC(=O)c1cc(C)cc(OC(CCN(C)C(=O)OC(C)(C)C)c2ccccc2)c1.O=C=O. The fraction of sp³-hybridized carbons (Fsp3) is 0.400. The monoisotopic (exact) mass is 457 g/mol. The molecule has 1 unspecified atom stereocenters. The highest BCUT2D eigenvalue weighted by molar-refractivity contribution is 5.90. The highest BCUT2D eigenvalue weighted by Gasteiger charge is 2.22. The number of esters is 1. The summed E-state index contributed by atoms with van der Waals surface area (Å²) in [6.45, 7) is 7.86. The molecule has 0 heterocycles. The van der Waals surface area contributed by atoms with Crippen LogP contribution < -0.4 is 4.74 Å². The van der Waals surface area contributed by atoms with Gasteiger partial charge in [-0.25, -0.2) is 9.59 Å². The van der Waals surface area contributed by atoms with Crippen LogP contribution in [-0.2, 0) is 19.1 Å². The standard InChI is InChI=1S/C24H31NO5.CO2/c1-17-14-19(22(26)28-6)16-20(15-17)29-21(18-10-8-7-9-11-18)12-13-25(5)23(27)30-24(2,3)4;2-1-3/h7-11,14-16,21H,12-13H2,1-6H3;. The number of hydrogen-bond acceptors (Lipinski definition) is 7. The normalized spacial score (nSPS) is 11.2. The maximum atomic E-state index is 12.3. The summed E-state index contributed by atoms with van der Waals surface area (Å²) in [5, 5.41) is 0. The van der Waals surface area contributed by atoms with E-state index in [-0.39, 0.29) is 18.3 Å². The van der Waals surface area contributed by atoms with Crippen LogP contribution in [0.4, 0.5) is 4.79 Å². The van der Waals surface area contributed by atoms with Crippen molar-refractivity contribution in [2.24, 2.45) is 0 Å². The van der Waals surface area contributed by atoms with Crippen molar-refractivity contribution in [2.45, 2.75) is 45.8 Å². The average molecular weight is 458 g/mol. The van der Waals surface area contributed by atoms with Crippen molar-refractivity contribution in [1.82, 2.24) is 4.90 Å². The number of ether oxygens (including phenoxy) is 3. The Morgan fingerprint density at radius 1 is 1.06 bits per heavy atom. The lowest BCUT2D eigenvalue weighted by molar-refractivity contribution is -0.191. The van der Waals surface area contributed by atoms with Gasteiger partial charge in [0.15, 0.2) is 0 Å². The van der Waals surface area contributed by atoms with Crippen molar-refractivity contribution in [3.8, 4) is 5.75 Å². The summed E-state index contributed by atoms with van der Waals surface area (Å²) >= 11 is 0. The van der Waals surface area contributed by atoms with Gasteiger partial charge in [0.1, 0.15) is 17.5 Å². The Kier molecular flexibility index (Phi) is 10.8. The second kappa shape index (κ2) is 13.0. The van der Waals surface area contributed by atoms with Crippen LogP contribution in [0.5, 0.6) is 5.75 Å². The fourth-order valence-corrected chi connectivity index (χ4v) is 2.92. The summed E-state index contributed by atoms with van der Waals surface area (Å²) in [6.07, 6.45) is 0.127. The number of methoxy groups -OCH3 is 1. The fourth-order valence-electron chi connectivity index (χ4n) is 2.92. The average Bonchev–Trinajstić information content (AvgIpc) is 2.75. The zero-order chi connectivity index (χ0) is 25.0. The molecule has 0 fully saturated rings. The zero-order valence-electron chi connectivity index (χ0n) is 19.9. The molecular formula is C25H31NO7. The summed E-state index contributed by atoms with van der Waals surface area (Å²) in [5.41, 5.74) is 1.76. The van der Waals surface area contributed by atoms with Crippen LogP contribution in [0.15, 0.2) is 48.5 Å². The smallest absolute Gasteiger partial charge is 0.410 e. The first-order valence-corrected chi connectivity index (χ1v) is 10.4. The molecule has 0 aliphatic heterocycles. The Morgan fingerprint density at radius 2 is 1.67 bits per heavy atom. The molecule has 178 valence electrons. The van der Waals surface area contributed by atoms with Gasteiger partial charge in [0, 0.05) is 20.0 Å². The maximum absolute atomic E-state index is 12.3. The Balaban J connectivity index is 0.00000172. The molecule has 0 radical (unpaired) electrons. The first kappa shape index (κ1) is 27.4. The van der Waals surface area contributed by atoms with E-state index >= 15 is 0 Å². The lowest BCUT2D eigenvalue weighted by Gasteiger charge is -2.26. The molecule has 0 aliphatic carbocycles. The Labute approximate surface area is 194 Å². The van der Waals surface area contributed by atoms with E-state index in [0.717, 1.165) is 11.1 Å². The topological polar surface area (TPSA) is 99.2 Å². The van der Waals surface area contributed by atoms with Crippen LogP contribution in [0.25, 0.3) is 0 Å². The lowest BCUT2D eigenvalue weighted by Crippen LogP contribution is -2.35. The van der Waals surface area contributed by atoms with Crippen molar-refractivity contribution in [1.29, 1.82) is 0 Å². The first-order chi connectivity index (χ1) is 15.5. The molecule has 0 saturated carbocycles.